The molecule has 0 radical (unpaired) electrons. The maximum absolute atomic E-state index is 7.01. The summed E-state index contributed by atoms with van der Waals surface area (Å²) in [7, 11) is 0. The van der Waals surface area contributed by atoms with Gasteiger partial charge in [0.25, 0.3) is 0 Å². The molecule has 8 aromatic carbocycles. The van der Waals surface area contributed by atoms with Crippen LogP contribution in [-0.4, -0.2) is 19.5 Å². The van der Waals surface area contributed by atoms with Gasteiger partial charge in [-0.2, -0.15) is 0 Å². The SMILES string of the molecule is Clc1ccc(-c2nc(-c3cccc4sc5ccccc5c34)nc(-c3cccc4c3c3ccccc3n4-c3ccccc3)n2)c2c1sc1cc3ccccc3cc12. The van der Waals surface area contributed by atoms with Gasteiger partial charge in [-0.3, -0.25) is 0 Å². The van der Waals surface area contributed by atoms with E-state index in [1.54, 1.807) is 22.7 Å². The average Bonchev–Trinajstić information content (AvgIpc) is 3.93. The van der Waals surface area contributed by atoms with E-state index >= 15 is 0 Å². The van der Waals surface area contributed by atoms with Crippen LogP contribution in [0.25, 0.3) is 113 Å². The van der Waals surface area contributed by atoms with Crippen LogP contribution >= 0.6 is 34.3 Å². The molecule has 0 amide bonds. The molecule has 0 aliphatic carbocycles. The van der Waals surface area contributed by atoms with Gasteiger partial charge in [0.1, 0.15) is 0 Å². The van der Waals surface area contributed by atoms with E-state index in [1.165, 1.54) is 30.3 Å². The Balaban J connectivity index is 1.20. The molecule has 4 nitrogen and oxygen atoms in total. The number of aromatic nitrogens is 4. The molecular formula is C49H27ClN4S2. The van der Waals surface area contributed by atoms with Crippen LogP contribution in [-0.2, 0) is 0 Å². The number of para-hydroxylation sites is 2. The summed E-state index contributed by atoms with van der Waals surface area (Å²) >= 11 is 10.5. The van der Waals surface area contributed by atoms with Gasteiger partial charge in [-0.15, -0.1) is 22.7 Å². The normalized spacial score (nSPS) is 12.0. The molecule has 7 heteroatoms. The van der Waals surface area contributed by atoms with Crippen molar-refractivity contribution in [3.63, 3.8) is 0 Å². The Bertz CT molecular complexity index is 3560. The minimum Gasteiger partial charge on any atom is -0.309 e. The zero-order valence-electron chi connectivity index (χ0n) is 29.6. The van der Waals surface area contributed by atoms with Crippen molar-refractivity contribution in [3.05, 3.63) is 169 Å². The lowest BCUT2D eigenvalue weighted by Crippen LogP contribution is -2.01. The summed E-state index contributed by atoms with van der Waals surface area (Å²) in [6.45, 7) is 0. The first kappa shape index (κ1) is 31.9. The standard InChI is InChI=1S/C49H27ClN4S2/c50-37-25-24-35(45-36-26-28-12-4-5-13-29(28)27-42(36)56-46(37)45)49-52-47(51-48(53-49)34-19-11-23-41-44(34)32-17-7-9-22-40(32)55-41)33-18-10-21-39-43(33)31-16-6-8-20-38(31)54(39)30-14-2-1-3-15-30/h1-27H. The molecule has 0 spiro atoms. The second kappa shape index (κ2) is 12.3. The summed E-state index contributed by atoms with van der Waals surface area (Å²) < 4.78 is 6.97. The smallest absolute Gasteiger partial charge is 0.164 e. The highest BCUT2D eigenvalue weighted by Gasteiger charge is 2.23. The van der Waals surface area contributed by atoms with Crippen LogP contribution in [0.2, 0.25) is 5.02 Å². The predicted octanol–water partition coefficient (Wildman–Crippen LogP) is 14.5. The number of benzene rings is 8. The van der Waals surface area contributed by atoms with Crippen molar-refractivity contribution in [2.24, 2.45) is 0 Å². The van der Waals surface area contributed by atoms with Gasteiger partial charge in [0.15, 0.2) is 17.5 Å². The second-order valence-electron chi connectivity index (χ2n) is 14.1. The maximum atomic E-state index is 7.01. The van der Waals surface area contributed by atoms with Crippen molar-refractivity contribution in [2.45, 2.75) is 0 Å². The Labute approximate surface area is 333 Å². The summed E-state index contributed by atoms with van der Waals surface area (Å²) in [5, 5.41) is 9.90. The Morgan fingerprint density at radius 2 is 1.02 bits per heavy atom. The Morgan fingerprint density at radius 1 is 0.411 bits per heavy atom. The molecule has 12 aromatic rings. The fraction of sp³-hybridized carbons (Fsp3) is 0. The third-order valence-corrected chi connectivity index (χ3v) is 13.7. The molecule has 262 valence electrons. The van der Waals surface area contributed by atoms with E-state index < -0.39 is 0 Å². The Morgan fingerprint density at radius 3 is 1.82 bits per heavy atom. The number of thiophene rings is 2. The van der Waals surface area contributed by atoms with Gasteiger partial charge >= 0.3 is 0 Å². The average molecular weight is 771 g/mol. The van der Waals surface area contributed by atoms with Crippen LogP contribution in [0, 0.1) is 0 Å². The molecule has 12 rings (SSSR count). The monoisotopic (exact) mass is 770 g/mol. The van der Waals surface area contributed by atoms with Gasteiger partial charge in [-0.05, 0) is 71.4 Å². The van der Waals surface area contributed by atoms with E-state index in [0.29, 0.717) is 17.5 Å². The molecule has 0 N–H and O–H groups in total. The molecule has 0 aliphatic rings. The number of rotatable bonds is 4. The predicted molar refractivity (Wildman–Crippen MR) is 239 cm³/mol. The topological polar surface area (TPSA) is 43.6 Å². The van der Waals surface area contributed by atoms with Gasteiger partial charge in [0, 0.05) is 68.8 Å². The molecule has 0 saturated carbocycles. The fourth-order valence-electron chi connectivity index (χ4n) is 8.48. The molecule has 0 saturated heterocycles. The number of hydrogen-bond acceptors (Lipinski definition) is 5. The quantitative estimate of drug-likeness (QED) is 0.179. The number of halogens is 1. The van der Waals surface area contributed by atoms with Crippen molar-refractivity contribution in [1.82, 2.24) is 19.5 Å². The van der Waals surface area contributed by atoms with E-state index in [2.05, 4.69) is 162 Å². The van der Waals surface area contributed by atoms with E-state index in [1.807, 2.05) is 6.07 Å². The molecule has 0 bridgehead atoms. The van der Waals surface area contributed by atoms with Gasteiger partial charge in [0.2, 0.25) is 0 Å². The first-order valence-electron chi connectivity index (χ1n) is 18.5. The molecule has 4 heterocycles. The summed E-state index contributed by atoms with van der Waals surface area (Å²) in [5.74, 6) is 1.87. The summed E-state index contributed by atoms with van der Waals surface area (Å²) in [6, 6.07) is 57.8. The third kappa shape index (κ3) is 4.74. The van der Waals surface area contributed by atoms with E-state index in [9.17, 15) is 0 Å². The van der Waals surface area contributed by atoms with Gasteiger partial charge in [-0.25, -0.2) is 15.0 Å². The zero-order valence-corrected chi connectivity index (χ0v) is 32.0. The highest BCUT2D eigenvalue weighted by molar-refractivity contribution is 7.26. The van der Waals surface area contributed by atoms with Crippen molar-refractivity contribution >= 4 is 107 Å². The fourth-order valence-corrected chi connectivity index (χ4v) is 11.0. The summed E-state index contributed by atoms with van der Waals surface area (Å²) in [6.07, 6.45) is 0. The van der Waals surface area contributed by atoms with Gasteiger partial charge < -0.3 is 4.57 Å². The van der Waals surface area contributed by atoms with Crippen LogP contribution in [0.15, 0.2) is 164 Å². The lowest BCUT2D eigenvalue weighted by atomic mass is 10.0. The Hall–Kier alpha value is -6.44. The van der Waals surface area contributed by atoms with Gasteiger partial charge in [-0.1, -0.05) is 115 Å². The molecule has 0 atom stereocenters. The number of fused-ring (bicyclic) bond motifs is 10. The van der Waals surface area contributed by atoms with Gasteiger partial charge in [0.05, 0.1) is 20.8 Å². The highest BCUT2D eigenvalue weighted by Crippen LogP contribution is 2.46. The van der Waals surface area contributed by atoms with Crippen LogP contribution in [0.5, 0.6) is 0 Å². The molecule has 4 aromatic heterocycles. The minimum atomic E-state index is 0.611. The Kier molecular flexibility index (Phi) is 6.99. The van der Waals surface area contributed by atoms with Crippen LogP contribution in [0.1, 0.15) is 0 Å². The lowest BCUT2D eigenvalue weighted by Gasteiger charge is -2.12. The van der Waals surface area contributed by atoms with Crippen LogP contribution in [0.4, 0.5) is 0 Å². The number of nitrogens with zero attached hydrogens (tertiary/aromatic N) is 4. The van der Waals surface area contributed by atoms with Crippen LogP contribution in [0.3, 0.4) is 0 Å². The molecular weight excluding hydrogens is 744 g/mol. The van der Waals surface area contributed by atoms with Crippen molar-refractivity contribution in [1.29, 1.82) is 0 Å². The first-order valence-corrected chi connectivity index (χ1v) is 20.5. The number of hydrogen-bond donors (Lipinski definition) is 0. The van der Waals surface area contributed by atoms with E-state index in [4.69, 9.17) is 26.6 Å². The van der Waals surface area contributed by atoms with Crippen LogP contribution < -0.4 is 0 Å². The second-order valence-corrected chi connectivity index (χ2v) is 16.6. The zero-order chi connectivity index (χ0) is 36.9. The van der Waals surface area contributed by atoms with Crippen molar-refractivity contribution in [2.75, 3.05) is 0 Å². The molecule has 0 aliphatic heterocycles. The van der Waals surface area contributed by atoms with E-state index in [-0.39, 0.29) is 0 Å². The summed E-state index contributed by atoms with van der Waals surface area (Å²) in [4.78, 5) is 16.2. The lowest BCUT2D eigenvalue weighted by molar-refractivity contribution is 1.08. The van der Waals surface area contributed by atoms with Crippen molar-refractivity contribution < 1.29 is 0 Å². The molecule has 56 heavy (non-hydrogen) atoms. The molecule has 0 unspecified atom stereocenters. The minimum absolute atomic E-state index is 0.611. The first-order chi connectivity index (χ1) is 27.7. The third-order valence-electron chi connectivity index (χ3n) is 10.9. The maximum Gasteiger partial charge on any atom is 0.164 e. The highest BCUT2D eigenvalue weighted by atomic mass is 35.5. The van der Waals surface area contributed by atoms with E-state index in [0.717, 1.165) is 70.1 Å². The molecule has 0 fully saturated rings. The largest absolute Gasteiger partial charge is 0.309 e. The van der Waals surface area contributed by atoms with Crippen molar-refractivity contribution in [3.8, 4) is 39.9 Å². The summed E-state index contributed by atoms with van der Waals surface area (Å²) in [5.41, 5.74) is 6.18.